The third-order valence-electron chi connectivity index (χ3n) is 4.60. The number of aliphatic carboxylic acids is 2. The first-order valence-corrected chi connectivity index (χ1v) is 9.21. The number of nitrogens with one attached hydrogen (secondary N) is 2. The molecular weight excluding hydrogens is 388 g/mol. The van der Waals surface area contributed by atoms with Gasteiger partial charge in [0.15, 0.2) is 0 Å². The summed E-state index contributed by atoms with van der Waals surface area (Å²) in [6, 6.07) is -4.88. The van der Waals surface area contributed by atoms with Crippen molar-refractivity contribution >= 4 is 29.7 Å². The second-order valence-corrected chi connectivity index (χ2v) is 7.21. The number of nitrogens with zero attached hydrogens (tertiary/aromatic N) is 1. The van der Waals surface area contributed by atoms with Crippen LogP contribution in [-0.4, -0.2) is 87.2 Å². The Hall–Kier alpha value is -2.73. The van der Waals surface area contributed by atoms with Crippen LogP contribution < -0.4 is 16.4 Å². The van der Waals surface area contributed by atoms with Crippen LogP contribution in [-0.2, 0) is 24.0 Å². The van der Waals surface area contributed by atoms with E-state index in [1.807, 2.05) is 0 Å². The van der Waals surface area contributed by atoms with Crippen molar-refractivity contribution in [1.29, 1.82) is 0 Å². The van der Waals surface area contributed by atoms with Gasteiger partial charge < -0.3 is 36.6 Å². The molecular formula is C17H28N4O8. The van der Waals surface area contributed by atoms with Crippen LogP contribution in [0.25, 0.3) is 0 Å². The zero-order valence-electron chi connectivity index (χ0n) is 16.3. The first-order valence-electron chi connectivity index (χ1n) is 9.21. The largest absolute Gasteiger partial charge is 0.481 e. The summed E-state index contributed by atoms with van der Waals surface area (Å²) in [6.45, 7) is 2.67. The fraction of sp³-hybridized carbons (Fsp3) is 0.706. The molecule has 0 spiro atoms. The van der Waals surface area contributed by atoms with Crippen LogP contribution >= 0.6 is 0 Å². The smallest absolute Gasteiger partial charge is 0.326 e. The summed E-state index contributed by atoms with van der Waals surface area (Å²) in [5, 5.41) is 32.0. The summed E-state index contributed by atoms with van der Waals surface area (Å²) in [6.07, 6.45) is 0.124. The van der Waals surface area contributed by atoms with E-state index in [0.29, 0.717) is 12.8 Å². The van der Waals surface area contributed by atoms with Crippen LogP contribution in [0.2, 0.25) is 0 Å². The van der Waals surface area contributed by atoms with E-state index in [1.165, 1.54) is 4.90 Å². The van der Waals surface area contributed by atoms with E-state index in [2.05, 4.69) is 10.6 Å². The third kappa shape index (κ3) is 6.68. The van der Waals surface area contributed by atoms with Crippen LogP contribution in [0.1, 0.15) is 33.1 Å². The summed E-state index contributed by atoms with van der Waals surface area (Å²) in [5.74, 6) is -5.17. The van der Waals surface area contributed by atoms with E-state index in [9.17, 15) is 34.2 Å². The number of aliphatic hydroxyl groups is 1. The monoisotopic (exact) mass is 416 g/mol. The number of likely N-dealkylation sites (tertiary alicyclic amines) is 1. The molecule has 4 atom stereocenters. The fourth-order valence-corrected chi connectivity index (χ4v) is 3.01. The lowest BCUT2D eigenvalue weighted by molar-refractivity contribution is -0.146. The van der Waals surface area contributed by atoms with Gasteiger partial charge in [-0.15, -0.1) is 0 Å². The van der Waals surface area contributed by atoms with E-state index in [1.54, 1.807) is 13.8 Å². The SMILES string of the molecule is CC(C)C(NC(=O)C1CCCN1C(=O)C(CO)NC(=O)C(N)CC(=O)O)C(=O)O. The van der Waals surface area contributed by atoms with Crippen LogP contribution in [0.4, 0.5) is 0 Å². The Morgan fingerprint density at radius 2 is 1.76 bits per heavy atom. The molecule has 0 saturated carbocycles. The van der Waals surface area contributed by atoms with Crippen molar-refractivity contribution in [1.82, 2.24) is 15.5 Å². The molecule has 1 saturated heterocycles. The van der Waals surface area contributed by atoms with Gasteiger partial charge in [-0.05, 0) is 18.8 Å². The lowest BCUT2D eigenvalue weighted by Crippen LogP contribution is -2.58. The van der Waals surface area contributed by atoms with Gasteiger partial charge >= 0.3 is 11.9 Å². The van der Waals surface area contributed by atoms with Crippen molar-refractivity contribution in [3.8, 4) is 0 Å². The number of amides is 3. The summed E-state index contributed by atoms with van der Waals surface area (Å²) in [7, 11) is 0. The van der Waals surface area contributed by atoms with Crippen molar-refractivity contribution in [2.45, 2.75) is 57.3 Å². The Morgan fingerprint density at radius 3 is 2.24 bits per heavy atom. The van der Waals surface area contributed by atoms with Gasteiger partial charge in [0.25, 0.3) is 0 Å². The number of hydrogen-bond donors (Lipinski definition) is 6. The molecule has 0 aliphatic carbocycles. The highest BCUT2D eigenvalue weighted by atomic mass is 16.4. The normalized spacial score (nSPS) is 19.3. The Labute approximate surface area is 167 Å². The van der Waals surface area contributed by atoms with Gasteiger partial charge in [0, 0.05) is 6.54 Å². The van der Waals surface area contributed by atoms with Gasteiger partial charge in [-0.25, -0.2) is 4.79 Å². The molecule has 1 aliphatic rings. The van der Waals surface area contributed by atoms with Crippen molar-refractivity contribution in [3.63, 3.8) is 0 Å². The maximum atomic E-state index is 12.7. The first kappa shape index (κ1) is 24.3. The summed E-state index contributed by atoms with van der Waals surface area (Å²) in [5.41, 5.74) is 5.44. The number of carbonyl (C=O) groups excluding carboxylic acids is 3. The molecule has 12 nitrogen and oxygen atoms in total. The Bertz CT molecular complexity index is 653. The quantitative estimate of drug-likeness (QED) is 0.222. The van der Waals surface area contributed by atoms with E-state index in [-0.39, 0.29) is 12.5 Å². The van der Waals surface area contributed by atoms with Crippen LogP contribution in [0.3, 0.4) is 0 Å². The minimum atomic E-state index is -1.41. The second-order valence-electron chi connectivity index (χ2n) is 7.21. The van der Waals surface area contributed by atoms with Gasteiger partial charge in [0.2, 0.25) is 17.7 Å². The topological polar surface area (TPSA) is 199 Å². The van der Waals surface area contributed by atoms with Gasteiger partial charge in [-0.2, -0.15) is 0 Å². The molecule has 0 aromatic heterocycles. The summed E-state index contributed by atoms with van der Waals surface area (Å²) in [4.78, 5) is 60.3. The predicted molar refractivity (Wildman–Crippen MR) is 98.4 cm³/mol. The van der Waals surface area contributed by atoms with Gasteiger partial charge in [0.1, 0.15) is 18.1 Å². The zero-order valence-corrected chi connectivity index (χ0v) is 16.3. The lowest BCUT2D eigenvalue weighted by atomic mass is 10.0. The molecule has 1 aliphatic heterocycles. The van der Waals surface area contributed by atoms with Crippen LogP contribution in [0, 0.1) is 5.92 Å². The highest BCUT2D eigenvalue weighted by Crippen LogP contribution is 2.19. The van der Waals surface area contributed by atoms with Gasteiger partial charge in [0.05, 0.1) is 19.1 Å². The summed E-state index contributed by atoms with van der Waals surface area (Å²) < 4.78 is 0. The number of carbonyl (C=O) groups is 5. The fourth-order valence-electron chi connectivity index (χ4n) is 3.01. The molecule has 0 bridgehead atoms. The van der Waals surface area contributed by atoms with Crippen molar-refractivity contribution < 1.29 is 39.3 Å². The minimum Gasteiger partial charge on any atom is -0.481 e. The van der Waals surface area contributed by atoms with E-state index in [0.717, 1.165) is 0 Å². The van der Waals surface area contributed by atoms with Gasteiger partial charge in [-0.3, -0.25) is 19.2 Å². The molecule has 12 heteroatoms. The molecule has 7 N–H and O–H groups in total. The Balaban J connectivity index is 2.84. The minimum absolute atomic E-state index is 0.184. The van der Waals surface area contributed by atoms with E-state index >= 15 is 0 Å². The number of aliphatic hydroxyl groups excluding tert-OH is 1. The molecule has 29 heavy (non-hydrogen) atoms. The molecule has 0 aromatic carbocycles. The number of nitrogens with two attached hydrogens (primary N) is 1. The van der Waals surface area contributed by atoms with E-state index in [4.69, 9.17) is 10.8 Å². The molecule has 164 valence electrons. The average Bonchev–Trinajstić information content (AvgIpc) is 3.11. The van der Waals surface area contributed by atoms with Crippen molar-refractivity contribution in [2.75, 3.05) is 13.2 Å². The summed E-state index contributed by atoms with van der Waals surface area (Å²) >= 11 is 0. The van der Waals surface area contributed by atoms with Crippen LogP contribution in [0.5, 0.6) is 0 Å². The third-order valence-corrected chi connectivity index (χ3v) is 4.60. The molecule has 3 amide bonds. The highest BCUT2D eigenvalue weighted by Gasteiger charge is 2.39. The van der Waals surface area contributed by atoms with Crippen LogP contribution in [0.15, 0.2) is 0 Å². The maximum Gasteiger partial charge on any atom is 0.326 e. The van der Waals surface area contributed by atoms with Crippen molar-refractivity contribution in [3.05, 3.63) is 0 Å². The van der Waals surface area contributed by atoms with E-state index < -0.39 is 66.9 Å². The second kappa shape index (κ2) is 10.7. The predicted octanol–water partition coefficient (Wildman–Crippen LogP) is -2.52. The Kier molecular flexibility index (Phi) is 8.98. The van der Waals surface area contributed by atoms with Crippen molar-refractivity contribution in [2.24, 2.45) is 11.7 Å². The molecule has 1 heterocycles. The number of carboxylic acids is 2. The molecule has 0 radical (unpaired) electrons. The molecule has 0 aromatic rings. The standard InChI is InChI=1S/C17H28N4O8/c1-8(2)13(17(28)29)20-15(26)11-4-3-5-21(11)16(27)10(7-22)19-14(25)9(18)6-12(23)24/h8-11,13,22H,3-7,18H2,1-2H3,(H,19,25)(H,20,26)(H,23,24)(H,28,29). The zero-order chi connectivity index (χ0) is 22.3. The molecule has 1 fully saturated rings. The Morgan fingerprint density at radius 1 is 1.14 bits per heavy atom. The number of hydrogen-bond acceptors (Lipinski definition) is 7. The number of carboxylic acid groups (broad SMARTS) is 2. The molecule has 4 unspecified atom stereocenters. The van der Waals surface area contributed by atoms with Gasteiger partial charge in [-0.1, -0.05) is 13.8 Å². The first-order chi connectivity index (χ1) is 13.5. The molecule has 1 rings (SSSR count). The number of rotatable bonds is 10. The lowest BCUT2D eigenvalue weighted by Gasteiger charge is -2.29. The highest BCUT2D eigenvalue weighted by molar-refractivity contribution is 5.95. The average molecular weight is 416 g/mol. The maximum absolute atomic E-state index is 12.7.